The second kappa shape index (κ2) is 10.0. The molecule has 1 N–H and O–H groups in total. The third-order valence-corrected chi connectivity index (χ3v) is 6.07. The summed E-state index contributed by atoms with van der Waals surface area (Å²) in [5.74, 6) is -0.452. The average molecular weight is 423 g/mol. The SMILES string of the molecule is COC(=O)c1c(NC(=O)CCc2ccccc2)sc2c1CCN(C(C)C)C2.Cl. The molecule has 5 nitrogen and oxygen atoms in total. The third-order valence-electron chi connectivity index (χ3n) is 4.94. The van der Waals surface area contributed by atoms with Gasteiger partial charge in [-0.15, -0.1) is 23.7 Å². The molecule has 1 aliphatic heterocycles. The molecule has 1 aliphatic rings. The fourth-order valence-corrected chi connectivity index (χ4v) is 4.64. The van der Waals surface area contributed by atoms with E-state index < -0.39 is 0 Å². The van der Waals surface area contributed by atoms with Crippen molar-refractivity contribution in [1.82, 2.24) is 4.90 Å². The summed E-state index contributed by atoms with van der Waals surface area (Å²) in [7, 11) is 1.39. The van der Waals surface area contributed by atoms with Crippen LogP contribution in [0.5, 0.6) is 0 Å². The number of carbonyl (C=O) groups excluding carboxylic acids is 2. The fourth-order valence-electron chi connectivity index (χ4n) is 3.36. The van der Waals surface area contributed by atoms with Crippen molar-refractivity contribution in [1.29, 1.82) is 0 Å². The van der Waals surface area contributed by atoms with E-state index in [4.69, 9.17) is 4.74 Å². The molecule has 152 valence electrons. The minimum absolute atomic E-state index is 0. The molecule has 28 heavy (non-hydrogen) atoms. The van der Waals surface area contributed by atoms with Gasteiger partial charge in [0.05, 0.1) is 12.7 Å². The first-order valence-electron chi connectivity index (χ1n) is 9.30. The first kappa shape index (κ1) is 22.4. The van der Waals surface area contributed by atoms with Crippen molar-refractivity contribution < 1.29 is 14.3 Å². The van der Waals surface area contributed by atoms with Gasteiger partial charge in [0.2, 0.25) is 5.91 Å². The van der Waals surface area contributed by atoms with Gasteiger partial charge in [-0.05, 0) is 37.8 Å². The maximum absolute atomic E-state index is 12.5. The number of anilines is 1. The molecular formula is C21H27ClN2O3S. The minimum atomic E-state index is -0.371. The normalized spacial score (nSPS) is 13.6. The molecule has 7 heteroatoms. The van der Waals surface area contributed by atoms with Gasteiger partial charge in [0, 0.05) is 30.4 Å². The van der Waals surface area contributed by atoms with E-state index in [0.29, 0.717) is 29.4 Å². The van der Waals surface area contributed by atoms with E-state index in [1.165, 1.54) is 18.4 Å². The Hall–Kier alpha value is -1.89. The predicted molar refractivity (Wildman–Crippen MR) is 116 cm³/mol. The van der Waals surface area contributed by atoms with Gasteiger partial charge in [0.15, 0.2) is 0 Å². The maximum atomic E-state index is 12.5. The number of halogens is 1. The highest BCUT2D eigenvalue weighted by molar-refractivity contribution is 7.17. The third kappa shape index (κ3) is 5.13. The summed E-state index contributed by atoms with van der Waals surface area (Å²) in [6.45, 7) is 6.06. The summed E-state index contributed by atoms with van der Waals surface area (Å²) in [4.78, 5) is 28.4. The number of nitrogens with one attached hydrogen (secondary N) is 1. The summed E-state index contributed by atoms with van der Waals surface area (Å²) < 4.78 is 4.99. The van der Waals surface area contributed by atoms with Crippen molar-refractivity contribution in [2.45, 2.75) is 45.7 Å². The number of ether oxygens (including phenoxy) is 1. The molecule has 2 aromatic rings. The Morgan fingerprint density at radius 2 is 1.96 bits per heavy atom. The number of nitrogens with zero attached hydrogens (tertiary/aromatic N) is 1. The van der Waals surface area contributed by atoms with Gasteiger partial charge in [0.1, 0.15) is 5.00 Å². The quantitative estimate of drug-likeness (QED) is 0.705. The van der Waals surface area contributed by atoms with Gasteiger partial charge in [-0.1, -0.05) is 30.3 Å². The molecule has 0 saturated carbocycles. The fraction of sp³-hybridized carbons (Fsp3) is 0.429. The zero-order valence-corrected chi connectivity index (χ0v) is 18.1. The molecule has 1 aromatic carbocycles. The Morgan fingerprint density at radius 3 is 2.61 bits per heavy atom. The second-order valence-corrected chi connectivity index (χ2v) is 8.15. The highest BCUT2D eigenvalue weighted by Crippen LogP contribution is 2.38. The Labute approximate surface area is 176 Å². The molecule has 0 bridgehead atoms. The van der Waals surface area contributed by atoms with Crippen LogP contribution in [0.1, 0.15) is 46.6 Å². The van der Waals surface area contributed by atoms with Crippen LogP contribution in [0.3, 0.4) is 0 Å². The molecule has 0 radical (unpaired) electrons. The number of fused-ring (bicyclic) bond motifs is 1. The van der Waals surface area contributed by atoms with Gasteiger partial charge in [-0.3, -0.25) is 9.69 Å². The van der Waals surface area contributed by atoms with Crippen LogP contribution < -0.4 is 5.32 Å². The Balaban J connectivity index is 0.00000280. The van der Waals surface area contributed by atoms with Crippen molar-refractivity contribution in [3.63, 3.8) is 0 Å². The first-order chi connectivity index (χ1) is 13.0. The topological polar surface area (TPSA) is 58.6 Å². The monoisotopic (exact) mass is 422 g/mol. The number of thiophene rings is 1. The van der Waals surface area contributed by atoms with Gasteiger partial charge in [-0.25, -0.2) is 4.79 Å². The highest BCUT2D eigenvalue weighted by Gasteiger charge is 2.29. The number of rotatable bonds is 6. The van der Waals surface area contributed by atoms with Gasteiger partial charge in [0.25, 0.3) is 0 Å². The number of aryl methyl sites for hydroxylation is 1. The van der Waals surface area contributed by atoms with Crippen LogP contribution in [0.15, 0.2) is 30.3 Å². The van der Waals surface area contributed by atoms with E-state index in [9.17, 15) is 9.59 Å². The first-order valence-corrected chi connectivity index (χ1v) is 10.1. The van der Waals surface area contributed by atoms with E-state index in [-0.39, 0.29) is 24.3 Å². The molecule has 1 aromatic heterocycles. The molecule has 0 spiro atoms. The van der Waals surface area contributed by atoms with Crippen molar-refractivity contribution in [3.05, 3.63) is 51.9 Å². The second-order valence-electron chi connectivity index (χ2n) is 7.05. The lowest BCUT2D eigenvalue weighted by molar-refractivity contribution is -0.116. The van der Waals surface area contributed by atoms with Gasteiger partial charge < -0.3 is 10.1 Å². The van der Waals surface area contributed by atoms with Crippen molar-refractivity contribution in [3.8, 4) is 0 Å². The minimum Gasteiger partial charge on any atom is -0.465 e. The smallest absolute Gasteiger partial charge is 0.341 e. The summed E-state index contributed by atoms with van der Waals surface area (Å²) in [5, 5.41) is 3.58. The lowest BCUT2D eigenvalue weighted by Crippen LogP contribution is -2.35. The maximum Gasteiger partial charge on any atom is 0.341 e. The molecule has 2 heterocycles. The Bertz CT molecular complexity index is 821. The number of hydrogen-bond acceptors (Lipinski definition) is 5. The summed E-state index contributed by atoms with van der Waals surface area (Å²) in [6.07, 6.45) is 1.85. The number of hydrogen-bond donors (Lipinski definition) is 1. The summed E-state index contributed by atoms with van der Waals surface area (Å²) >= 11 is 1.50. The lowest BCUT2D eigenvalue weighted by atomic mass is 10.0. The number of methoxy groups -OCH3 is 1. The van der Waals surface area contributed by atoms with E-state index >= 15 is 0 Å². The molecule has 0 unspecified atom stereocenters. The van der Waals surface area contributed by atoms with Crippen LogP contribution in [0.25, 0.3) is 0 Å². The molecule has 0 atom stereocenters. The standard InChI is InChI=1S/C21H26N2O3S.ClH/c1-14(2)23-12-11-16-17(13-23)27-20(19(16)21(25)26-3)22-18(24)10-9-15-7-5-4-6-8-15;/h4-8,14H,9-13H2,1-3H3,(H,22,24);1H. The Kier molecular flexibility index (Phi) is 8.04. The molecule has 1 amide bonds. The van der Waals surface area contributed by atoms with Gasteiger partial charge >= 0.3 is 5.97 Å². The van der Waals surface area contributed by atoms with Crippen LogP contribution in [0.4, 0.5) is 5.00 Å². The van der Waals surface area contributed by atoms with Crippen LogP contribution in [0, 0.1) is 0 Å². The van der Waals surface area contributed by atoms with E-state index in [1.54, 1.807) is 0 Å². The number of benzene rings is 1. The number of amides is 1. The summed E-state index contributed by atoms with van der Waals surface area (Å²) in [6, 6.07) is 10.4. The van der Waals surface area contributed by atoms with E-state index in [0.717, 1.165) is 35.5 Å². The molecule has 3 rings (SSSR count). The number of esters is 1. The molecule has 0 fully saturated rings. The average Bonchev–Trinajstić information content (AvgIpc) is 3.03. The number of carbonyl (C=O) groups is 2. The van der Waals surface area contributed by atoms with Crippen molar-refractivity contribution in [2.75, 3.05) is 19.0 Å². The molecular weight excluding hydrogens is 396 g/mol. The zero-order valence-electron chi connectivity index (χ0n) is 16.5. The Morgan fingerprint density at radius 1 is 1.25 bits per heavy atom. The van der Waals surface area contributed by atoms with E-state index in [1.807, 2.05) is 30.3 Å². The van der Waals surface area contributed by atoms with Crippen molar-refractivity contribution in [2.24, 2.45) is 0 Å². The zero-order chi connectivity index (χ0) is 19.4. The highest BCUT2D eigenvalue weighted by atomic mass is 35.5. The predicted octanol–water partition coefficient (Wildman–Crippen LogP) is 4.29. The van der Waals surface area contributed by atoms with Gasteiger partial charge in [-0.2, -0.15) is 0 Å². The largest absolute Gasteiger partial charge is 0.465 e. The lowest BCUT2D eigenvalue weighted by Gasteiger charge is -2.30. The van der Waals surface area contributed by atoms with E-state index in [2.05, 4.69) is 24.1 Å². The molecule has 0 saturated heterocycles. The molecule has 0 aliphatic carbocycles. The van der Waals surface area contributed by atoms with Crippen LogP contribution in [0.2, 0.25) is 0 Å². The van der Waals surface area contributed by atoms with Crippen molar-refractivity contribution >= 4 is 40.6 Å². The van der Waals surface area contributed by atoms with Crippen LogP contribution in [-0.4, -0.2) is 36.5 Å². The summed E-state index contributed by atoms with van der Waals surface area (Å²) in [5.41, 5.74) is 2.69. The van der Waals surface area contributed by atoms with Crippen LogP contribution >= 0.6 is 23.7 Å². The van der Waals surface area contributed by atoms with Crippen LogP contribution in [-0.2, 0) is 28.9 Å².